The first-order valence-corrected chi connectivity index (χ1v) is 8.43. The lowest BCUT2D eigenvalue weighted by Crippen LogP contribution is -2.08. The number of nitrogens with one attached hydrogen (secondary N) is 1. The highest BCUT2D eigenvalue weighted by molar-refractivity contribution is 9.10. The zero-order valence-corrected chi connectivity index (χ0v) is 15.1. The molecule has 4 nitrogen and oxygen atoms in total. The van der Waals surface area contributed by atoms with Crippen molar-refractivity contribution in [3.05, 3.63) is 77.0 Å². The molecule has 25 heavy (non-hydrogen) atoms. The Kier molecular flexibility index (Phi) is 5.36. The van der Waals surface area contributed by atoms with Gasteiger partial charge in [0.05, 0.1) is 12.8 Å². The highest BCUT2D eigenvalue weighted by Crippen LogP contribution is 2.25. The van der Waals surface area contributed by atoms with Crippen LogP contribution in [0.2, 0.25) is 0 Å². The Bertz CT molecular complexity index is 897. The summed E-state index contributed by atoms with van der Waals surface area (Å²) in [5.41, 5.74) is 1.59. The molecule has 2 aromatic carbocycles. The van der Waals surface area contributed by atoms with Crippen LogP contribution in [0.3, 0.4) is 0 Å². The van der Waals surface area contributed by atoms with Gasteiger partial charge in [0, 0.05) is 16.1 Å². The highest BCUT2D eigenvalue weighted by atomic mass is 79.9. The van der Waals surface area contributed by atoms with E-state index in [1.165, 1.54) is 6.08 Å². The van der Waals surface area contributed by atoms with E-state index in [0.717, 1.165) is 15.8 Å². The maximum atomic E-state index is 12.1. The van der Waals surface area contributed by atoms with Gasteiger partial charge < -0.3 is 14.5 Å². The molecule has 1 N–H and O–H groups in total. The average Bonchev–Trinajstić information content (AvgIpc) is 3.10. The van der Waals surface area contributed by atoms with Gasteiger partial charge in [-0.2, -0.15) is 0 Å². The molecule has 0 aliphatic rings. The Labute approximate surface area is 154 Å². The van der Waals surface area contributed by atoms with Crippen LogP contribution >= 0.6 is 15.9 Å². The number of ether oxygens (including phenoxy) is 1. The average molecular weight is 398 g/mol. The van der Waals surface area contributed by atoms with Gasteiger partial charge in [-0.05, 0) is 42.5 Å². The molecule has 0 radical (unpaired) electrons. The van der Waals surface area contributed by atoms with Gasteiger partial charge in [0.15, 0.2) is 0 Å². The molecule has 0 aliphatic carbocycles. The molecule has 3 aromatic rings. The van der Waals surface area contributed by atoms with E-state index in [0.29, 0.717) is 17.2 Å². The van der Waals surface area contributed by atoms with Crippen molar-refractivity contribution in [3.8, 4) is 17.1 Å². The van der Waals surface area contributed by atoms with Crippen LogP contribution in [0.15, 0.2) is 75.6 Å². The summed E-state index contributed by atoms with van der Waals surface area (Å²) in [5.74, 6) is 1.70. The number of carbonyl (C=O) groups is 1. The summed E-state index contributed by atoms with van der Waals surface area (Å²) in [6, 6.07) is 18.8. The molecule has 1 aromatic heterocycles. The van der Waals surface area contributed by atoms with E-state index in [9.17, 15) is 4.79 Å². The van der Waals surface area contributed by atoms with Crippen LogP contribution in [0.5, 0.6) is 5.75 Å². The Morgan fingerprint density at radius 1 is 1.08 bits per heavy atom. The van der Waals surface area contributed by atoms with Gasteiger partial charge >= 0.3 is 0 Å². The van der Waals surface area contributed by atoms with Gasteiger partial charge in [-0.1, -0.05) is 40.2 Å². The minimum absolute atomic E-state index is 0.258. The molecule has 0 bridgehead atoms. The van der Waals surface area contributed by atoms with Crippen molar-refractivity contribution in [1.29, 1.82) is 0 Å². The molecular weight excluding hydrogens is 382 g/mol. The summed E-state index contributed by atoms with van der Waals surface area (Å²) in [5, 5.41) is 2.78. The van der Waals surface area contributed by atoms with Gasteiger partial charge in [0.1, 0.15) is 17.3 Å². The molecule has 0 spiro atoms. The molecule has 0 saturated carbocycles. The van der Waals surface area contributed by atoms with Gasteiger partial charge in [0.25, 0.3) is 0 Å². The number of rotatable bonds is 5. The number of benzene rings is 2. The summed E-state index contributed by atoms with van der Waals surface area (Å²) in [7, 11) is 1.56. The number of carbonyl (C=O) groups excluding carboxylic acids is 1. The Hall–Kier alpha value is -2.79. The van der Waals surface area contributed by atoms with Crippen molar-refractivity contribution in [3.63, 3.8) is 0 Å². The maximum absolute atomic E-state index is 12.1. The molecule has 126 valence electrons. The van der Waals surface area contributed by atoms with Gasteiger partial charge in [-0.25, -0.2) is 0 Å². The van der Waals surface area contributed by atoms with Crippen molar-refractivity contribution in [1.82, 2.24) is 0 Å². The van der Waals surface area contributed by atoms with Crippen LogP contribution < -0.4 is 10.1 Å². The lowest BCUT2D eigenvalue weighted by molar-refractivity contribution is -0.111. The first kappa shape index (κ1) is 17.0. The van der Waals surface area contributed by atoms with Crippen molar-refractivity contribution in [2.45, 2.75) is 0 Å². The summed E-state index contributed by atoms with van der Waals surface area (Å²) in [6.45, 7) is 0. The fourth-order valence-electron chi connectivity index (χ4n) is 2.29. The molecule has 1 amide bonds. The zero-order chi connectivity index (χ0) is 17.6. The topological polar surface area (TPSA) is 51.5 Å². The third-order valence-electron chi connectivity index (χ3n) is 3.52. The summed E-state index contributed by atoms with van der Waals surface area (Å²) in [4.78, 5) is 12.1. The molecule has 0 aliphatic heterocycles. The smallest absolute Gasteiger partial charge is 0.248 e. The molecule has 5 heteroatoms. The van der Waals surface area contributed by atoms with E-state index < -0.39 is 0 Å². The molecule has 0 saturated heterocycles. The van der Waals surface area contributed by atoms with Crippen molar-refractivity contribution in [2.75, 3.05) is 12.4 Å². The number of anilines is 1. The molecule has 0 fully saturated rings. The van der Waals surface area contributed by atoms with E-state index in [-0.39, 0.29) is 5.91 Å². The molecule has 1 heterocycles. The monoisotopic (exact) mass is 397 g/mol. The Morgan fingerprint density at radius 3 is 2.60 bits per heavy atom. The fourth-order valence-corrected chi connectivity index (χ4v) is 2.56. The van der Waals surface area contributed by atoms with Crippen molar-refractivity contribution < 1.29 is 13.9 Å². The first-order valence-electron chi connectivity index (χ1n) is 7.63. The summed E-state index contributed by atoms with van der Waals surface area (Å²) >= 11 is 3.41. The minimum atomic E-state index is -0.258. The largest absolute Gasteiger partial charge is 0.495 e. The van der Waals surface area contributed by atoms with Gasteiger partial charge in [0.2, 0.25) is 5.91 Å². The van der Waals surface area contributed by atoms with Gasteiger partial charge in [-0.3, -0.25) is 4.79 Å². The van der Waals surface area contributed by atoms with Crippen LogP contribution in [0, 0.1) is 0 Å². The van der Waals surface area contributed by atoms with Crippen LogP contribution in [0.1, 0.15) is 5.76 Å². The minimum Gasteiger partial charge on any atom is -0.495 e. The molecule has 0 atom stereocenters. The number of furan rings is 1. The van der Waals surface area contributed by atoms with Crippen molar-refractivity contribution >= 4 is 33.6 Å². The molecule has 3 rings (SSSR count). The van der Waals surface area contributed by atoms with E-state index in [1.54, 1.807) is 25.3 Å². The second-order valence-electron chi connectivity index (χ2n) is 5.23. The molecular formula is C20H16BrNO3. The third kappa shape index (κ3) is 4.39. The number of halogens is 1. The Morgan fingerprint density at radius 2 is 1.84 bits per heavy atom. The van der Waals surface area contributed by atoms with E-state index >= 15 is 0 Å². The maximum Gasteiger partial charge on any atom is 0.248 e. The second-order valence-corrected chi connectivity index (χ2v) is 6.15. The lowest BCUT2D eigenvalue weighted by Gasteiger charge is -2.07. The zero-order valence-electron chi connectivity index (χ0n) is 13.5. The molecule has 0 unspecified atom stereocenters. The highest BCUT2D eigenvalue weighted by Gasteiger charge is 2.06. The van der Waals surface area contributed by atoms with E-state index in [2.05, 4.69) is 21.2 Å². The SMILES string of the molecule is COc1ccccc1NC(=O)C=Cc1ccc(-c2ccc(Br)cc2)o1. The number of amides is 1. The summed E-state index contributed by atoms with van der Waals surface area (Å²) in [6.07, 6.45) is 3.06. The van der Waals surface area contributed by atoms with Crippen LogP contribution in [0.4, 0.5) is 5.69 Å². The number of hydrogen-bond acceptors (Lipinski definition) is 3. The number of para-hydroxylation sites is 2. The summed E-state index contributed by atoms with van der Waals surface area (Å²) < 4.78 is 12.0. The normalized spacial score (nSPS) is 10.8. The predicted octanol–water partition coefficient (Wildman–Crippen LogP) is 5.37. The third-order valence-corrected chi connectivity index (χ3v) is 4.05. The van der Waals surface area contributed by atoms with Crippen molar-refractivity contribution in [2.24, 2.45) is 0 Å². The fraction of sp³-hybridized carbons (Fsp3) is 0.0500. The van der Waals surface area contributed by atoms with Gasteiger partial charge in [-0.15, -0.1) is 0 Å². The Balaban J connectivity index is 1.68. The predicted molar refractivity (Wildman–Crippen MR) is 103 cm³/mol. The van der Waals surface area contributed by atoms with Crippen LogP contribution in [0.25, 0.3) is 17.4 Å². The quantitative estimate of drug-likeness (QED) is 0.588. The number of methoxy groups -OCH3 is 1. The van der Waals surface area contributed by atoms with E-state index in [4.69, 9.17) is 9.15 Å². The lowest BCUT2D eigenvalue weighted by atomic mass is 10.2. The standard InChI is InChI=1S/C20H16BrNO3/c1-24-19-5-3-2-4-17(19)22-20(23)13-11-16-10-12-18(25-16)14-6-8-15(21)9-7-14/h2-13H,1H3,(H,22,23). The number of hydrogen-bond donors (Lipinski definition) is 1. The van der Waals surface area contributed by atoms with E-state index in [1.807, 2.05) is 48.5 Å². The second kappa shape index (κ2) is 7.85. The van der Waals surface area contributed by atoms with Crippen LogP contribution in [-0.4, -0.2) is 13.0 Å². The van der Waals surface area contributed by atoms with Crippen LogP contribution in [-0.2, 0) is 4.79 Å². The first-order chi connectivity index (χ1) is 12.2.